The maximum absolute atomic E-state index is 10.9. The van der Waals surface area contributed by atoms with Gasteiger partial charge in [0.1, 0.15) is 16.4 Å². The predicted octanol–water partition coefficient (Wildman–Crippen LogP) is 5.80. The van der Waals surface area contributed by atoms with E-state index in [4.69, 9.17) is 9.72 Å². The fraction of sp³-hybridized carbons (Fsp3) is 0.318. The number of rotatable bonds is 6. The van der Waals surface area contributed by atoms with E-state index in [-0.39, 0.29) is 0 Å². The molecule has 26 heavy (non-hydrogen) atoms. The normalized spacial score (nSPS) is 13.4. The smallest absolute Gasteiger partial charge is 0.125 e. The Labute approximate surface area is 159 Å². The minimum absolute atomic E-state index is 0.690. The highest BCUT2D eigenvalue weighted by molar-refractivity contribution is 7.15. The first-order valence-electron chi connectivity index (χ1n) is 8.89. The molecule has 0 fully saturated rings. The van der Waals surface area contributed by atoms with E-state index in [1.165, 1.54) is 5.56 Å². The molecule has 3 nitrogen and oxygen atoms in total. The van der Waals surface area contributed by atoms with Crippen molar-refractivity contribution in [3.63, 3.8) is 0 Å². The second-order valence-electron chi connectivity index (χ2n) is 6.82. The van der Waals surface area contributed by atoms with Crippen LogP contribution in [-0.4, -0.2) is 17.2 Å². The van der Waals surface area contributed by atoms with Crippen LogP contribution in [0, 0.1) is 6.92 Å². The summed E-state index contributed by atoms with van der Waals surface area (Å²) in [4.78, 5) is 5.94. The van der Waals surface area contributed by atoms with Crippen molar-refractivity contribution in [2.75, 3.05) is 7.11 Å². The Morgan fingerprint density at radius 2 is 1.65 bits per heavy atom. The summed E-state index contributed by atoms with van der Waals surface area (Å²) in [7, 11) is 1.66. The first-order valence-corrected chi connectivity index (χ1v) is 9.71. The van der Waals surface area contributed by atoms with Gasteiger partial charge in [-0.05, 0) is 50.1 Å². The first kappa shape index (κ1) is 18.6. The van der Waals surface area contributed by atoms with Crippen molar-refractivity contribution < 1.29 is 9.84 Å². The standard InChI is InChI=1S/C22H25NO2S/c1-5-14-22(3,24)21-23-19(16-10-12-18(25-4)13-11-16)20(26-21)17-8-6-15(2)7-9-17/h6-13,24H,5,14H2,1-4H3. The second kappa shape index (κ2) is 7.60. The third-order valence-corrected chi connectivity index (χ3v) is 5.86. The molecule has 0 aliphatic heterocycles. The first-order chi connectivity index (χ1) is 12.4. The molecule has 3 aromatic rings. The largest absolute Gasteiger partial charge is 0.497 e. The lowest BCUT2D eigenvalue weighted by molar-refractivity contribution is 0.0468. The molecule has 2 aromatic carbocycles. The van der Waals surface area contributed by atoms with Gasteiger partial charge in [0.15, 0.2) is 0 Å². The number of hydrogen-bond donors (Lipinski definition) is 1. The molecule has 1 heterocycles. The number of aromatic nitrogens is 1. The molecule has 1 aromatic heterocycles. The van der Waals surface area contributed by atoms with E-state index in [2.05, 4.69) is 38.1 Å². The van der Waals surface area contributed by atoms with Crippen molar-refractivity contribution in [2.45, 2.75) is 39.2 Å². The summed E-state index contributed by atoms with van der Waals surface area (Å²) in [6, 6.07) is 16.4. The van der Waals surface area contributed by atoms with Crippen LogP contribution in [0.15, 0.2) is 48.5 Å². The van der Waals surface area contributed by atoms with Crippen LogP contribution in [0.3, 0.4) is 0 Å². The molecule has 0 aliphatic carbocycles. The second-order valence-corrected chi connectivity index (χ2v) is 7.81. The van der Waals surface area contributed by atoms with Gasteiger partial charge in [-0.2, -0.15) is 0 Å². The van der Waals surface area contributed by atoms with Crippen LogP contribution in [-0.2, 0) is 5.60 Å². The van der Waals surface area contributed by atoms with Crippen molar-refractivity contribution in [3.05, 3.63) is 59.1 Å². The monoisotopic (exact) mass is 367 g/mol. The van der Waals surface area contributed by atoms with E-state index in [9.17, 15) is 5.11 Å². The molecule has 0 saturated heterocycles. The van der Waals surface area contributed by atoms with Gasteiger partial charge >= 0.3 is 0 Å². The molecule has 4 heteroatoms. The molecule has 0 spiro atoms. The highest BCUT2D eigenvalue weighted by Crippen LogP contribution is 2.41. The molecule has 0 amide bonds. The van der Waals surface area contributed by atoms with Gasteiger partial charge in [-0.15, -0.1) is 11.3 Å². The van der Waals surface area contributed by atoms with E-state index in [0.717, 1.165) is 38.9 Å². The van der Waals surface area contributed by atoms with Gasteiger partial charge in [0.05, 0.1) is 17.7 Å². The van der Waals surface area contributed by atoms with Crippen molar-refractivity contribution in [2.24, 2.45) is 0 Å². The number of hydrogen-bond acceptors (Lipinski definition) is 4. The Morgan fingerprint density at radius 1 is 1.04 bits per heavy atom. The zero-order chi connectivity index (χ0) is 18.7. The third-order valence-electron chi connectivity index (χ3n) is 4.50. The predicted molar refractivity (Wildman–Crippen MR) is 109 cm³/mol. The number of ether oxygens (including phenoxy) is 1. The van der Waals surface area contributed by atoms with Crippen molar-refractivity contribution in [1.29, 1.82) is 0 Å². The lowest BCUT2D eigenvalue weighted by Gasteiger charge is -2.19. The molecular formula is C22H25NO2S. The quantitative estimate of drug-likeness (QED) is 0.598. The van der Waals surface area contributed by atoms with Crippen molar-refractivity contribution >= 4 is 11.3 Å². The van der Waals surface area contributed by atoms with Gasteiger partial charge in [-0.3, -0.25) is 0 Å². The van der Waals surface area contributed by atoms with Gasteiger partial charge < -0.3 is 9.84 Å². The number of nitrogens with zero attached hydrogens (tertiary/aromatic N) is 1. The fourth-order valence-electron chi connectivity index (χ4n) is 2.99. The van der Waals surface area contributed by atoms with E-state index >= 15 is 0 Å². The minimum Gasteiger partial charge on any atom is -0.497 e. The van der Waals surface area contributed by atoms with Crippen LogP contribution in [0.25, 0.3) is 21.7 Å². The number of aliphatic hydroxyl groups is 1. The summed E-state index contributed by atoms with van der Waals surface area (Å²) in [6.07, 6.45) is 1.60. The summed E-state index contributed by atoms with van der Waals surface area (Å²) in [5, 5.41) is 11.6. The molecule has 0 bridgehead atoms. The van der Waals surface area contributed by atoms with Crippen molar-refractivity contribution in [3.8, 4) is 27.4 Å². The molecule has 0 aliphatic rings. The topological polar surface area (TPSA) is 42.4 Å². The van der Waals surface area contributed by atoms with E-state index < -0.39 is 5.60 Å². The SMILES string of the molecule is CCCC(C)(O)c1nc(-c2ccc(OC)cc2)c(-c2ccc(C)cc2)s1. The molecule has 1 N–H and O–H groups in total. The van der Waals surface area contributed by atoms with E-state index in [1.807, 2.05) is 31.2 Å². The number of benzene rings is 2. The van der Waals surface area contributed by atoms with Gasteiger partial charge in [0, 0.05) is 5.56 Å². The summed E-state index contributed by atoms with van der Waals surface area (Å²) in [6.45, 7) is 6.01. The summed E-state index contributed by atoms with van der Waals surface area (Å²) >= 11 is 1.58. The Balaban J connectivity index is 2.13. The van der Waals surface area contributed by atoms with Crippen LogP contribution in [0.5, 0.6) is 5.75 Å². The maximum atomic E-state index is 10.9. The summed E-state index contributed by atoms with van der Waals surface area (Å²) in [5.41, 5.74) is 3.37. The molecule has 3 rings (SSSR count). The van der Waals surface area contributed by atoms with Crippen LogP contribution in [0.1, 0.15) is 37.3 Å². The minimum atomic E-state index is -0.913. The number of aryl methyl sites for hydroxylation is 1. The van der Waals surface area contributed by atoms with E-state index in [1.54, 1.807) is 18.4 Å². The highest BCUT2D eigenvalue weighted by atomic mass is 32.1. The molecule has 0 radical (unpaired) electrons. The lowest BCUT2D eigenvalue weighted by atomic mass is 10.0. The molecule has 1 atom stereocenters. The van der Waals surface area contributed by atoms with Gasteiger partial charge in [0.2, 0.25) is 0 Å². The van der Waals surface area contributed by atoms with E-state index in [0.29, 0.717) is 6.42 Å². The third kappa shape index (κ3) is 3.81. The van der Waals surface area contributed by atoms with Crippen molar-refractivity contribution in [1.82, 2.24) is 4.98 Å². The highest BCUT2D eigenvalue weighted by Gasteiger charge is 2.28. The lowest BCUT2D eigenvalue weighted by Crippen LogP contribution is -2.20. The van der Waals surface area contributed by atoms with Crippen LogP contribution < -0.4 is 4.74 Å². The Kier molecular flexibility index (Phi) is 5.44. The molecule has 136 valence electrons. The molecule has 1 unspecified atom stereocenters. The summed E-state index contributed by atoms with van der Waals surface area (Å²) in [5.74, 6) is 0.819. The molecular weight excluding hydrogens is 342 g/mol. The van der Waals surface area contributed by atoms with Crippen LogP contribution >= 0.6 is 11.3 Å². The summed E-state index contributed by atoms with van der Waals surface area (Å²) < 4.78 is 5.27. The average molecular weight is 368 g/mol. The number of methoxy groups -OCH3 is 1. The Morgan fingerprint density at radius 3 is 2.23 bits per heavy atom. The van der Waals surface area contributed by atoms with Crippen LogP contribution in [0.4, 0.5) is 0 Å². The van der Waals surface area contributed by atoms with Gasteiger partial charge in [-0.25, -0.2) is 4.98 Å². The average Bonchev–Trinajstić information content (AvgIpc) is 3.09. The maximum Gasteiger partial charge on any atom is 0.125 e. The Hall–Kier alpha value is -2.17. The zero-order valence-electron chi connectivity index (χ0n) is 15.7. The fourth-order valence-corrected chi connectivity index (χ4v) is 4.16. The number of thiazole rings is 1. The van der Waals surface area contributed by atoms with Crippen LogP contribution in [0.2, 0.25) is 0 Å². The van der Waals surface area contributed by atoms with Gasteiger partial charge in [-0.1, -0.05) is 43.2 Å². The Bertz CT molecular complexity index is 864. The molecule has 0 saturated carbocycles. The van der Waals surface area contributed by atoms with Gasteiger partial charge in [0.25, 0.3) is 0 Å². The zero-order valence-corrected chi connectivity index (χ0v) is 16.6.